The lowest BCUT2D eigenvalue weighted by atomic mass is 10.2. The molecule has 3 rings (SSSR count). The zero-order valence-corrected chi connectivity index (χ0v) is 12.4. The number of anilines is 1. The second kappa shape index (κ2) is 5.20. The van der Waals surface area contributed by atoms with Crippen molar-refractivity contribution in [3.05, 3.63) is 57.9 Å². The number of rotatable bonds is 3. The third kappa shape index (κ3) is 2.51. The molecule has 0 bridgehead atoms. The molecule has 20 heavy (non-hydrogen) atoms. The fourth-order valence-electron chi connectivity index (χ4n) is 1.96. The van der Waals surface area contributed by atoms with Gasteiger partial charge in [0.2, 0.25) is 5.95 Å². The van der Waals surface area contributed by atoms with Crippen LogP contribution in [0.25, 0.3) is 5.65 Å². The average Bonchev–Trinajstić information content (AvgIpc) is 2.84. The number of nitrogens with zero attached hydrogens (tertiary/aromatic N) is 3. The molecular weight excluding hydrogens is 323 g/mol. The molecule has 0 saturated heterocycles. The molecule has 0 aliphatic rings. The third-order valence-corrected chi connectivity index (χ3v) is 3.49. The number of fused-ring (bicyclic) bond motifs is 1. The number of benzene rings is 1. The van der Waals surface area contributed by atoms with Crippen LogP contribution in [0.1, 0.15) is 11.3 Å². The first-order valence-corrected chi connectivity index (χ1v) is 6.93. The van der Waals surface area contributed by atoms with E-state index in [4.69, 9.17) is 0 Å². The largest absolute Gasteiger partial charge is 0.349 e. The average molecular weight is 335 g/mol. The van der Waals surface area contributed by atoms with Gasteiger partial charge in [0.15, 0.2) is 5.65 Å². The molecule has 3 aromatic rings. The fourth-order valence-corrected chi connectivity index (χ4v) is 2.37. The van der Waals surface area contributed by atoms with Gasteiger partial charge in [0.1, 0.15) is 5.82 Å². The molecule has 0 aliphatic heterocycles. The van der Waals surface area contributed by atoms with Crippen LogP contribution >= 0.6 is 15.9 Å². The monoisotopic (exact) mass is 334 g/mol. The van der Waals surface area contributed by atoms with Gasteiger partial charge in [-0.15, -0.1) is 5.10 Å². The van der Waals surface area contributed by atoms with Crippen LogP contribution in [0.4, 0.5) is 10.3 Å². The van der Waals surface area contributed by atoms with E-state index in [1.54, 1.807) is 16.6 Å². The summed E-state index contributed by atoms with van der Waals surface area (Å²) in [6, 6.07) is 10.6. The van der Waals surface area contributed by atoms with E-state index >= 15 is 0 Å². The molecular formula is C14H12BrFN4. The number of nitrogens with one attached hydrogen (secondary N) is 1. The second-order valence-corrected chi connectivity index (χ2v) is 5.38. The lowest BCUT2D eigenvalue weighted by Gasteiger charge is -2.04. The first kappa shape index (κ1) is 13.1. The van der Waals surface area contributed by atoms with Crippen molar-refractivity contribution in [2.45, 2.75) is 13.5 Å². The van der Waals surface area contributed by atoms with Crippen molar-refractivity contribution in [1.29, 1.82) is 0 Å². The number of aromatic nitrogens is 3. The standard InChI is InChI=1S/C14H12BrFN4/c1-9-3-2-4-13-18-14(19-20(9)13)17-8-10-7-11(15)5-6-12(10)16/h2-7H,8H2,1H3,(H,17,19). The maximum atomic E-state index is 13.6. The first-order chi connectivity index (χ1) is 9.63. The molecule has 0 spiro atoms. The molecule has 2 heterocycles. The van der Waals surface area contributed by atoms with Crippen molar-refractivity contribution in [2.75, 3.05) is 5.32 Å². The van der Waals surface area contributed by atoms with Gasteiger partial charge in [-0.3, -0.25) is 0 Å². The van der Waals surface area contributed by atoms with Crippen LogP contribution in [0.5, 0.6) is 0 Å². The Hall–Kier alpha value is -1.95. The van der Waals surface area contributed by atoms with Crippen molar-refractivity contribution < 1.29 is 4.39 Å². The van der Waals surface area contributed by atoms with Gasteiger partial charge in [-0.25, -0.2) is 8.91 Å². The maximum Gasteiger partial charge on any atom is 0.243 e. The summed E-state index contributed by atoms with van der Waals surface area (Å²) < 4.78 is 16.2. The van der Waals surface area contributed by atoms with Gasteiger partial charge in [0, 0.05) is 22.3 Å². The molecule has 0 aliphatic carbocycles. The van der Waals surface area contributed by atoms with E-state index in [1.165, 1.54) is 6.07 Å². The molecule has 0 unspecified atom stereocenters. The molecule has 0 amide bonds. The van der Waals surface area contributed by atoms with E-state index < -0.39 is 0 Å². The Bertz CT molecular complexity index is 769. The molecule has 102 valence electrons. The summed E-state index contributed by atoms with van der Waals surface area (Å²) in [5, 5.41) is 7.38. The highest BCUT2D eigenvalue weighted by Crippen LogP contribution is 2.16. The Balaban J connectivity index is 1.83. The van der Waals surface area contributed by atoms with Crippen LogP contribution in [-0.2, 0) is 6.54 Å². The van der Waals surface area contributed by atoms with E-state index in [1.807, 2.05) is 25.1 Å². The lowest BCUT2D eigenvalue weighted by molar-refractivity contribution is 0.612. The Morgan fingerprint density at radius 1 is 1.30 bits per heavy atom. The van der Waals surface area contributed by atoms with Crippen molar-refractivity contribution in [2.24, 2.45) is 0 Å². The van der Waals surface area contributed by atoms with Gasteiger partial charge in [-0.2, -0.15) is 4.98 Å². The number of hydrogen-bond acceptors (Lipinski definition) is 3. The van der Waals surface area contributed by atoms with Gasteiger partial charge >= 0.3 is 0 Å². The predicted molar refractivity (Wildman–Crippen MR) is 79.2 cm³/mol. The fraction of sp³-hybridized carbons (Fsp3) is 0.143. The summed E-state index contributed by atoms with van der Waals surface area (Å²) in [5.41, 5.74) is 2.33. The summed E-state index contributed by atoms with van der Waals surface area (Å²) in [5.74, 6) is 0.235. The van der Waals surface area contributed by atoms with Crippen LogP contribution < -0.4 is 5.32 Å². The molecule has 0 atom stereocenters. The number of aryl methyl sites for hydroxylation is 1. The molecule has 2 aromatic heterocycles. The van der Waals surface area contributed by atoms with Gasteiger partial charge < -0.3 is 5.32 Å². The van der Waals surface area contributed by atoms with Crippen LogP contribution in [-0.4, -0.2) is 14.6 Å². The summed E-state index contributed by atoms with van der Waals surface area (Å²) >= 11 is 3.33. The molecule has 0 saturated carbocycles. The number of halogens is 2. The van der Waals surface area contributed by atoms with Crippen LogP contribution in [0, 0.1) is 12.7 Å². The number of hydrogen-bond donors (Lipinski definition) is 1. The van der Waals surface area contributed by atoms with Gasteiger partial charge in [-0.1, -0.05) is 22.0 Å². The molecule has 4 nitrogen and oxygen atoms in total. The number of pyridine rings is 1. The highest BCUT2D eigenvalue weighted by molar-refractivity contribution is 9.10. The lowest BCUT2D eigenvalue weighted by Crippen LogP contribution is -2.03. The molecule has 6 heteroatoms. The van der Waals surface area contributed by atoms with Gasteiger partial charge in [-0.05, 0) is 37.3 Å². The Labute approximate surface area is 123 Å². The quantitative estimate of drug-likeness (QED) is 0.796. The van der Waals surface area contributed by atoms with E-state index in [2.05, 4.69) is 31.3 Å². The third-order valence-electron chi connectivity index (χ3n) is 2.99. The van der Waals surface area contributed by atoms with Crippen molar-refractivity contribution in [1.82, 2.24) is 14.6 Å². The predicted octanol–water partition coefficient (Wildman–Crippen LogP) is 3.55. The minimum atomic E-state index is -0.249. The normalized spacial score (nSPS) is 10.9. The summed E-state index contributed by atoms with van der Waals surface area (Å²) in [7, 11) is 0. The van der Waals surface area contributed by atoms with Gasteiger partial charge in [0.25, 0.3) is 0 Å². The van der Waals surface area contributed by atoms with Crippen LogP contribution in [0.15, 0.2) is 40.9 Å². The van der Waals surface area contributed by atoms with Crippen molar-refractivity contribution >= 4 is 27.5 Å². The molecule has 1 N–H and O–H groups in total. The van der Waals surface area contributed by atoms with E-state index in [9.17, 15) is 4.39 Å². The zero-order valence-electron chi connectivity index (χ0n) is 10.8. The summed E-state index contributed by atoms with van der Waals surface area (Å²) in [6.45, 7) is 2.29. The summed E-state index contributed by atoms with van der Waals surface area (Å²) in [4.78, 5) is 4.35. The zero-order chi connectivity index (χ0) is 14.1. The van der Waals surface area contributed by atoms with Crippen LogP contribution in [0.2, 0.25) is 0 Å². The Morgan fingerprint density at radius 3 is 2.95 bits per heavy atom. The Kier molecular flexibility index (Phi) is 3.40. The highest BCUT2D eigenvalue weighted by atomic mass is 79.9. The first-order valence-electron chi connectivity index (χ1n) is 6.14. The van der Waals surface area contributed by atoms with Crippen LogP contribution in [0.3, 0.4) is 0 Å². The minimum Gasteiger partial charge on any atom is -0.349 e. The SMILES string of the molecule is Cc1cccc2nc(NCc3cc(Br)ccc3F)nn12. The van der Waals surface area contributed by atoms with E-state index in [0.29, 0.717) is 18.1 Å². The summed E-state index contributed by atoms with van der Waals surface area (Å²) in [6.07, 6.45) is 0. The van der Waals surface area contributed by atoms with E-state index in [-0.39, 0.29) is 5.82 Å². The topological polar surface area (TPSA) is 42.2 Å². The van der Waals surface area contributed by atoms with Crippen molar-refractivity contribution in [3.8, 4) is 0 Å². The Morgan fingerprint density at radius 2 is 2.15 bits per heavy atom. The smallest absolute Gasteiger partial charge is 0.243 e. The van der Waals surface area contributed by atoms with E-state index in [0.717, 1.165) is 15.8 Å². The van der Waals surface area contributed by atoms with Crippen molar-refractivity contribution in [3.63, 3.8) is 0 Å². The molecule has 1 aromatic carbocycles. The minimum absolute atomic E-state index is 0.249. The molecule has 0 fully saturated rings. The second-order valence-electron chi connectivity index (χ2n) is 4.46. The van der Waals surface area contributed by atoms with Gasteiger partial charge in [0.05, 0.1) is 0 Å². The maximum absolute atomic E-state index is 13.6. The molecule has 0 radical (unpaired) electrons. The highest BCUT2D eigenvalue weighted by Gasteiger charge is 2.07.